The second kappa shape index (κ2) is 9.84. The summed E-state index contributed by atoms with van der Waals surface area (Å²) in [5.41, 5.74) is 1.63. The molecule has 143 valence electrons. The Morgan fingerprint density at radius 3 is 2.08 bits per heavy atom. The molecule has 0 aromatic carbocycles. The van der Waals surface area contributed by atoms with Gasteiger partial charge in [0, 0.05) is 38.6 Å². The molecule has 0 spiro atoms. The van der Waals surface area contributed by atoms with E-state index in [1.807, 2.05) is 0 Å². The van der Waals surface area contributed by atoms with Crippen molar-refractivity contribution in [3.05, 3.63) is 23.8 Å². The molecule has 3 saturated carbocycles. The second-order valence-electron chi connectivity index (χ2n) is 9.60. The van der Waals surface area contributed by atoms with Gasteiger partial charge in [0.2, 0.25) is 0 Å². The maximum absolute atomic E-state index is 10.7. The molecule has 1 nitrogen and oxygen atoms in total. The first kappa shape index (κ1) is 21.3. The van der Waals surface area contributed by atoms with Crippen LogP contribution in [-0.2, 0) is 32.7 Å². The van der Waals surface area contributed by atoms with Crippen LogP contribution in [0.5, 0.6) is 0 Å². The van der Waals surface area contributed by atoms with E-state index in [0.29, 0.717) is 5.92 Å². The first-order valence-corrected chi connectivity index (χ1v) is 11.2. The van der Waals surface area contributed by atoms with Crippen molar-refractivity contribution in [2.24, 2.45) is 35.5 Å². The minimum Gasteiger partial charge on any atom is -0.392 e. The van der Waals surface area contributed by atoms with Gasteiger partial charge in [0.1, 0.15) is 0 Å². The summed E-state index contributed by atoms with van der Waals surface area (Å²) in [5.74, 6) is 5.06. The van der Waals surface area contributed by atoms with Gasteiger partial charge in [0.05, 0.1) is 6.10 Å². The molecule has 0 saturated heterocycles. The summed E-state index contributed by atoms with van der Waals surface area (Å²) in [6, 6.07) is 0. The second-order valence-corrected chi connectivity index (χ2v) is 9.60. The minimum absolute atomic E-state index is 0. The number of aliphatic hydroxyl groups excluding tert-OH is 1. The average Bonchev–Trinajstić information content (AvgIpc) is 3.48. The number of rotatable bonds is 4. The van der Waals surface area contributed by atoms with E-state index >= 15 is 0 Å². The summed E-state index contributed by atoms with van der Waals surface area (Å²) in [6.45, 7) is 2.16. The molecule has 26 heavy (non-hydrogen) atoms. The first-order chi connectivity index (χ1) is 12.2. The van der Waals surface area contributed by atoms with Crippen molar-refractivity contribution in [3.8, 4) is 0 Å². The van der Waals surface area contributed by atoms with Crippen LogP contribution >= 0.6 is 0 Å². The van der Waals surface area contributed by atoms with E-state index in [4.69, 9.17) is 0 Å². The maximum atomic E-state index is 10.7. The summed E-state index contributed by atoms with van der Waals surface area (Å²) in [5, 5.41) is 10.7. The monoisotopic (exact) mass is 431 g/mol. The Bertz CT molecular complexity index is 498. The summed E-state index contributed by atoms with van der Waals surface area (Å²) >= 11 is 0. The topological polar surface area (TPSA) is 20.2 Å². The van der Waals surface area contributed by atoms with E-state index in [9.17, 15) is 5.11 Å². The normalized spacial score (nSPS) is 41.5. The third-order valence-electron chi connectivity index (χ3n) is 8.06. The maximum Gasteiger partial charge on any atom is 0.0608 e. The largest absolute Gasteiger partial charge is 0.392 e. The van der Waals surface area contributed by atoms with Crippen molar-refractivity contribution < 1.29 is 37.8 Å². The molecule has 0 bridgehead atoms. The number of aliphatic hydroxyl groups is 1. The molecule has 4 unspecified atom stereocenters. The molecule has 0 amide bonds. The van der Waals surface area contributed by atoms with E-state index < -0.39 is 0 Å². The van der Waals surface area contributed by atoms with Crippen molar-refractivity contribution in [2.75, 3.05) is 0 Å². The molecule has 0 heterocycles. The van der Waals surface area contributed by atoms with Gasteiger partial charge < -0.3 is 5.11 Å². The average molecular weight is 431 g/mol. The Hall–Kier alpha value is 0.544. The van der Waals surface area contributed by atoms with E-state index in [2.05, 4.69) is 25.2 Å². The van der Waals surface area contributed by atoms with Crippen LogP contribution in [-0.4, -0.2) is 11.2 Å². The van der Waals surface area contributed by atoms with E-state index in [1.54, 1.807) is 5.57 Å². The Morgan fingerprint density at radius 1 is 0.846 bits per heavy atom. The van der Waals surface area contributed by atoms with Gasteiger partial charge in [0.25, 0.3) is 0 Å². The molecule has 4 aliphatic rings. The SMILES string of the molecule is C/C=C/C1CCC(C2CC=C(C3CCC(C4CC4)CC3O)CC2)CC1.[Y]. The fraction of sp³-hybridized carbons (Fsp3) is 0.833. The van der Waals surface area contributed by atoms with Gasteiger partial charge in [0.15, 0.2) is 0 Å². The number of hydrogen-bond acceptors (Lipinski definition) is 1. The van der Waals surface area contributed by atoms with Crippen LogP contribution in [0.15, 0.2) is 23.8 Å². The summed E-state index contributed by atoms with van der Waals surface area (Å²) in [4.78, 5) is 0. The Morgan fingerprint density at radius 2 is 1.50 bits per heavy atom. The Balaban J connectivity index is 0.00000196. The van der Waals surface area contributed by atoms with E-state index in [-0.39, 0.29) is 38.8 Å². The van der Waals surface area contributed by atoms with Crippen molar-refractivity contribution >= 4 is 0 Å². The summed E-state index contributed by atoms with van der Waals surface area (Å²) < 4.78 is 0. The Kier molecular flexibility index (Phi) is 8.05. The third-order valence-corrected chi connectivity index (χ3v) is 8.06. The zero-order chi connectivity index (χ0) is 17.2. The zero-order valence-corrected chi connectivity index (χ0v) is 19.6. The Labute approximate surface area is 186 Å². The van der Waals surface area contributed by atoms with Crippen LogP contribution in [0.3, 0.4) is 0 Å². The standard InChI is InChI=1S/C24H38O.Y/c1-2-3-17-4-6-18(7-5-17)19-10-12-21(13-11-19)23-15-14-22(16-24(23)25)20-8-9-20;/h2-3,12,17-20,22-25H,4-11,13-16H2,1H3;/b3-2+;. The van der Waals surface area contributed by atoms with Crippen molar-refractivity contribution in [1.82, 2.24) is 0 Å². The molecule has 3 fully saturated rings. The minimum atomic E-state index is -0.0431. The van der Waals surface area contributed by atoms with Gasteiger partial charge in [-0.05, 0) is 114 Å². The van der Waals surface area contributed by atoms with Crippen LogP contribution < -0.4 is 0 Å². The van der Waals surface area contributed by atoms with Crippen LogP contribution in [0.25, 0.3) is 0 Å². The summed E-state index contributed by atoms with van der Waals surface area (Å²) in [6.07, 6.45) is 23.4. The van der Waals surface area contributed by atoms with Gasteiger partial charge in [-0.25, -0.2) is 0 Å². The summed E-state index contributed by atoms with van der Waals surface area (Å²) in [7, 11) is 0. The quantitative estimate of drug-likeness (QED) is 0.520. The van der Waals surface area contributed by atoms with Crippen LogP contribution in [0.4, 0.5) is 0 Å². The smallest absolute Gasteiger partial charge is 0.0608 e. The zero-order valence-electron chi connectivity index (χ0n) is 16.8. The van der Waals surface area contributed by atoms with Gasteiger partial charge in [-0.15, -0.1) is 0 Å². The molecular weight excluding hydrogens is 393 g/mol. The molecule has 4 rings (SSSR count). The van der Waals surface area contributed by atoms with E-state index in [1.165, 1.54) is 70.6 Å². The molecule has 0 aromatic rings. The van der Waals surface area contributed by atoms with Gasteiger partial charge >= 0.3 is 0 Å². The molecule has 1 N–H and O–H groups in total. The van der Waals surface area contributed by atoms with Gasteiger partial charge in [-0.3, -0.25) is 0 Å². The van der Waals surface area contributed by atoms with Crippen LogP contribution in [0.1, 0.15) is 84.0 Å². The third kappa shape index (κ3) is 5.12. The van der Waals surface area contributed by atoms with Gasteiger partial charge in [-0.2, -0.15) is 0 Å². The van der Waals surface area contributed by atoms with Crippen LogP contribution in [0.2, 0.25) is 0 Å². The molecule has 4 aliphatic carbocycles. The molecular formula is C24H38OY. The molecule has 2 heteroatoms. The number of allylic oxidation sites excluding steroid dienone is 3. The predicted molar refractivity (Wildman–Crippen MR) is 105 cm³/mol. The van der Waals surface area contributed by atoms with Crippen molar-refractivity contribution in [1.29, 1.82) is 0 Å². The predicted octanol–water partition coefficient (Wildman–Crippen LogP) is 6.28. The fourth-order valence-electron chi connectivity index (χ4n) is 6.33. The molecule has 0 aromatic heterocycles. The van der Waals surface area contributed by atoms with Crippen molar-refractivity contribution in [3.63, 3.8) is 0 Å². The molecule has 1 radical (unpaired) electrons. The fourth-order valence-corrected chi connectivity index (χ4v) is 6.33. The van der Waals surface area contributed by atoms with Crippen molar-refractivity contribution in [2.45, 2.75) is 90.1 Å². The molecule has 4 atom stereocenters. The number of hydrogen-bond donors (Lipinski definition) is 1. The van der Waals surface area contributed by atoms with Crippen LogP contribution in [0, 0.1) is 35.5 Å². The first-order valence-electron chi connectivity index (χ1n) is 11.2. The van der Waals surface area contributed by atoms with E-state index in [0.717, 1.165) is 36.0 Å². The van der Waals surface area contributed by atoms with Gasteiger partial charge in [-0.1, -0.05) is 23.8 Å². The molecule has 0 aliphatic heterocycles.